The summed E-state index contributed by atoms with van der Waals surface area (Å²) in [5.41, 5.74) is 3.51. The molecule has 0 saturated carbocycles. The first kappa shape index (κ1) is 16.0. The van der Waals surface area contributed by atoms with Crippen LogP contribution in [-0.4, -0.2) is 16.5 Å². The minimum Gasteiger partial charge on any atom is -0.310 e. The number of hydrogen-bond donors (Lipinski definition) is 1. The first-order chi connectivity index (χ1) is 10.1. The topological polar surface area (TPSA) is 37.8 Å². The van der Waals surface area contributed by atoms with Crippen molar-refractivity contribution >= 4 is 11.8 Å². The molecule has 0 amide bonds. The number of aryl methyl sites for hydroxylation is 2. The van der Waals surface area contributed by atoms with E-state index in [0.29, 0.717) is 6.04 Å². The second-order valence-corrected chi connectivity index (χ2v) is 6.37. The molecule has 0 aliphatic rings. The summed E-state index contributed by atoms with van der Waals surface area (Å²) in [6, 6.07) is 8.74. The molecule has 3 nitrogen and oxygen atoms in total. The number of aromatic nitrogens is 2. The lowest BCUT2D eigenvalue weighted by Gasteiger charge is -2.13. The van der Waals surface area contributed by atoms with Crippen molar-refractivity contribution in [3.8, 4) is 0 Å². The van der Waals surface area contributed by atoms with Gasteiger partial charge in [-0.2, -0.15) is 0 Å². The molecule has 2 aromatic rings. The molecule has 0 radical (unpaired) electrons. The molecule has 0 aromatic carbocycles. The fourth-order valence-corrected chi connectivity index (χ4v) is 3.04. The van der Waals surface area contributed by atoms with Gasteiger partial charge in [0, 0.05) is 17.9 Å². The highest BCUT2D eigenvalue weighted by Gasteiger charge is 2.06. The fourth-order valence-electron chi connectivity index (χ4n) is 2.15. The molecule has 0 aliphatic heterocycles. The molecule has 1 unspecified atom stereocenters. The number of nitrogens with one attached hydrogen (secondary N) is 1. The number of rotatable bonds is 6. The van der Waals surface area contributed by atoms with Crippen molar-refractivity contribution in [2.24, 2.45) is 0 Å². The second kappa shape index (κ2) is 7.57. The van der Waals surface area contributed by atoms with E-state index in [-0.39, 0.29) is 0 Å². The third-order valence-electron chi connectivity index (χ3n) is 3.24. The summed E-state index contributed by atoms with van der Waals surface area (Å²) in [4.78, 5) is 9.08. The van der Waals surface area contributed by atoms with E-state index < -0.39 is 0 Å². The minimum atomic E-state index is 0.343. The van der Waals surface area contributed by atoms with Crippen LogP contribution in [0.3, 0.4) is 0 Å². The molecule has 4 heteroatoms. The predicted octanol–water partition coefficient (Wildman–Crippen LogP) is 4.31. The average molecular weight is 301 g/mol. The van der Waals surface area contributed by atoms with Gasteiger partial charge in [-0.3, -0.25) is 0 Å². The maximum atomic E-state index is 4.55. The van der Waals surface area contributed by atoms with E-state index in [1.54, 1.807) is 11.8 Å². The Morgan fingerprint density at radius 2 is 2.00 bits per heavy atom. The van der Waals surface area contributed by atoms with Crippen molar-refractivity contribution < 1.29 is 0 Å². The lowest BCUT2D eigenvalue weighted by Crippen LogP contribution is -2.19. The first-order valence-corrected chi connectivity index (χ1v) is 8.22. The van der Waals surface area contributed by atoms with Crippen molar-refractivity contribution in [3.05, 3.63) is 47.3 Å². The van der Waals surface area contributed by atoms with Crippen LogP contribution in [0, 0.1) is 13.8 Å². The second-order valence-electron chi connectivity index (χ2n) is 5.33. The van der Waals surface area contributed by atoms with Crippen LogP contribution in [0.5, 0.6) is 0 Å². The summed E-state index contributed by atoms with van der Waals surface area (Å²) in [5.74, 6) is 0. The Balaban J connectivity index is 2.05. The Kier molecular flexibility index (Phi) is 5.76. The van der Waals surface area contributed by atoms with Crippen molar-refractivity contribution in [1.29, 1.82) is 0 Å². The van der Waals surface area contributed by atoms with Gasteiger partial charge in [0.1, 0.15) is 10.1 Å². The Morgan fingerprint density at radius 1 is 1.19 bits per heavy atom. The van der Waals surface area contributed by atoms with Gasteiger partial charge in [-0.1, -0.05) is 24.8 Å². The van der Waals surface area contributed by atoms with Crippen LogP contribution in [-0.2, 0) is 0 Å². The number of pyridine rings is 2. The van der Waals surface area contributed by atoms with Crippen LogP contribution < -0.4 is 5.32 Å². The van der Waals surface area contributed by atoms with Crippen LogP contribution in [0.1, 0.15) is 43.1 Å². The maximum Gasteiger partial charge on any atom is 0.103 e. The van der Waals surface area contributed by atoms with Crippen LogP contribution >= 0.6 is 11.8 Å². The summed E-state index contributed by atoms with van der Waals surface area (Å²) in [5, 5.41) is 5.46. The molecule has 1 atom stereocenters. The summed E-state index contributed by atoms with van der Waals surface area (Å²) in [6.45, 7) is 9.49. The van der Waals surface area contributed by atoms with Crippen molar-refractivity contribution in [1.82, 2.24) is 15.3 Å². The number of hydrogen-bond acceptors (Lipinski definition) is 4. The Bertz CT molecular complexity index is 561. The summed E-state index contributed by atoms with van der Waals surface area (Å²) in [6.07, 6.45) is 3.10. The normalized spacial score (nSPS) is 12.4. The molecule has 1 N–H and O–H groups in total. The van der Waals surface area contributed by atoms with Gasteiger partial charge < -0.3 is 5.32 Å². The predicted molar refractivity (Wildman–Crippen MR) is 88.8 cm³/mol. The van der Waals surface area contributed by atoms with Crippen LogP contribution in [0.2, 0.25) is 0 Å². The molecular formula is C17H23N3S. The van der Waals surface area contributed by atoms with Crippen LogP contribution in [0.15, 0.2) is 40.5 Å². The Labute approximate surface area is 131 Å². The van der Waals surface area contributed by atoms with Crippen molar-refractivity contribution in [2.45, 2.75) is 50.2 Å². The van der Waals surface area contributed by atoms with Gasteiger partial charge in [-0.25, -0.2) is 9.97 Å². The highest BCUT2D eigenvalue weighted by atomic mass is 32.2. The van der Waals surface area contributed by atoms with Crippen LogP contribution in [0.25, 0.3) is 0 Å². The van der Waals surface area contributed by atoms with E-state index in [1.807, 2.05) is 13.1 Å². The van der Waals surface area contributed by atoms with Gasteiger partial charge in [0.05, 0.1) is 0 Å². The monoisotopic (exact) mass is 301 g/mol. The Hall–Kier alpha value is -1.39. The molecule has 0 aliphatic carbocycles. The molecule has 2 aromatic heterocycles. The van der Waals surface area contributed by atoms with Gasteiger partial charge in [-0.15, -0.1) is 0 Å². The maximum absolute atomic E-state index is 4.55. The van der Waals surface area contributed by atoms with E-state index in [0.717, 1.165) is 28.7 Å². The highest BCUT2D eigenvalue weighted by Crippen LogP contribution is 2.26. The summed E-state index contributed by atoms with van der Waals surface area (Å²) >= 11 is 1.61. The van der Waals surface area contributed by atoms with E-state index in [2.05, 4.69) is 60.3 Å². The van der Waals surface area contributed by atoms with E-state index in [9.17, 15) is 0 Å². The molecule has 0 saturated heterocycles. The summed E-state index contributed by atoms with van der Waals surface area (Å²) in [7, 11) is 0. The molecule has 2 rings (SSSR count). The van der Waals surface area contributed by atoms with Gasteiger partial charge in [0.15, 0.2) is 0 Å². The van der Waals surface area contributed by atoms with Crippen molar-refractivity contribution in [2.75, 3.05) is 6.54 Å². The highest BCUT2D eigenvalue weighted by molar-refractivity contribution is 7.99. The average Bonchev–Trinajstić information content (AvgIpc) is 2.44. The minimum absolute atomic E-state index is 0.343. The fraction of sp³-hybridized carbons (Fsp3) is 0.412. The van der Waals surface area contributed by atoms with Gasteiger partial charge in [-0.05, 0) is 63.1 Å². The number of nitrogens with zero attached hydrogens (tertiary/aromatic N) is 2. The zero-order valence-electron chi connectivity index (χ0n) is 13.2. The third kappa shape index (κ3) is 4.83. The zero-order chi connectivity index (χ0) is 15.2. The standard InChI is InChI=1S/C17H23N3S/c1-5-8-18-14(4)15-6-7-16(19-11-15)21-17-10-12(2)9-13(3)20-17/h6-7,9-11,14,18H,5,8H2,1-4H3. The third-order valence-corrected chi connectivity index (χ3v) is 4.11. The Morgan fingerprint density at radius 3 is 2.62 bits per heavy atom. The molecular weight excluding hydrogens is 278 g/mol. The molecule has 0 spiro atoms. The molecule has 2 heterocycles. The lowest BCUT2D eigenvalue weighted by atomic mass is 10.1. The van der Waals surface area contributed by atoms with Gasteiger partial charge >= 0.3 is 0 Å². The van der Waals surface area contributed by atoms with E-state index >= 15 is 0 Å². The SMILES string of the molecule is CCCNC(C)c1ccc(Sc2cc(C)cc(C)n2)nc1. The van der Waals surface area contributed by atoms with Gasteiger partial charge in [0.2, 0.25) is 0 Å². The lowest BCUT2D eigenvalue weighted by molar-refractivity contribution is 0.568. The summed E-state index contributed by atoms with van der Waals surface area (Å²) < 4.78 is 0. The zero-order valence-corrected chi connectivity index (χ0v) is 14.0. The largest absolute Gasteiger partial charge is 0.310 e. The van der Waals surface area contributed by atoms with Crippen LogP contribution in [0.4, 0.5) is 0 Å². The molecule has 112 valence electrons. The first-order valence-electron chi connectivity index (χ1n) is 7.41. The van der Waals surface area contributed by atoms with E-state index in [4.69, 9.17) is 0 Å². The smallest absolute Gasteiger partial charge is 0.103 e. The quantitative estimate of drug-likeness (QED) is 0.863. The molecule has 0 fully saturated rings. The molecule has 21 heavy (non-hydrogen) atoms. The van der Waals surface area contributed by atoms with E-state index in [1.165, 1.54) is 11.1 Å². The van der Waals surface area contributed by atoms with Gasteiger partial charge in [0.25, 0.3) is 0 Å². The van der Waals surface area contributed by atoms with Crippen molar-refractivity contribution in [3.63, 3.8) is 0 Å². The molecule has 0 bridgehead atoms.